The second-order valence-corrected chi connectivity index (χ2v) is 3.63. The molecule has 0 atom stereocenters. The Morgan fingerprint density at radius 3 is 2.83 bits per heavy atom. The Balaban J connectivity index is 2.24. The first-order valence-corrected chi connectivity index (χ1v) is 5.36. The summed E-state index contributed by atoms with van der Waals surface area (Å²) in [6.45, 7) is 0. The van der Waals surface area contributed by atoms with E-state index < -0.39 is 0 Å². The van der Waals surface area contributed by atoms with Gasteiger partial charge in [-0.05, 0) is 30.3 Å². The van der Waals surface area contributed by atoms with Crippen molar-refractivity contribution in [3.63, 3.8) is 0 Å². The number of carbonyl (C=O) groups excluding carboxylic acids is 1. The molecular formula is C13H13N3O2. The van der Waals surface area contributed by atoms with Gasteiger partial charge in [-0.1, -0.05) is 6.07 Å². The van der Waals surface area contributed by atoms with Crippen LogP contribution in [0.1, 0.15) is 10.5 Å². The van der Waals surface area contributed by atoms with Gasteiger partial charge in [0.15, 0.2) is 0 Å². The third-order valence-corrected chi connectivity index (χ3v) is 2.37. The predicted molar refractivity (Wildman–Crippen MR) is 69.6 cm³/mol. The number of nitrogens with two attached hydrogens (primary N) is 1. The van der Waals surface area contributed by atoms with Crippen LogP contribution in [0, 0.1) is 0 Å². The van der Waals surface area contributed by atoms with Crippen molar-refractivity contribution in [3.05, 3.63) is 48.3 Å². The van der Waals surface area contributed by atoms with Crippen LogP contribution in [0.5, 0.6) is 5.75 Å². The molecule has 3 N–H and O–H groups in total. The van der Waals surface area contributed by atoms with Gasteiger partial charge in [0.2, 0.25) is 0 Å². The summed E-state index contributed by atoms with van der Waals surface area (Å²) in [7, 11) is 1.53. The van der Waals surface area contributed by atoms with Crippen LogP contribution >= 0.6 is 0 Å². The minimum Gasteiger partial charge on any atom is -0.495 e. The molecule has 0 aliphatic rings. The Morgan fingerprint density at radius 1 is 1.33 bits per heavy atom. The fraction of sp³-hybridized carbons (Fsp3) is 0.0769. The van der Waals surface area contributed by atoms with E-state index in [1.807, 2.05) is 0 Å². The van der Waals surface area contributed by atoms with Gasteiger partial charge in [0.05, 0.1) is 12.8 Å². The molecule has 1 heterocycles. The van der Waals surface area contributed by atoms with E-state index in [-0.39, 0.29) is 5.91 Å². The van der Waals surface area contributed by atoms with Gasteiger partial charge >= 0.3 is 0 Å². The number of amides is 1. The zero-order chi connectivity index (χ0) is 13.0. The molecule has 1 amide bonds. The van der Waals surface area contributed by atoms with Crippen molar-refractivity contribution in [2.75, 3.05) is 18.2 Å². The monoisotopic (exact) mass is 243 g/mol. The van der Waals surface area contributed by atoms with Crippen LogP contribution in [-0.2, 0) is 0 Å². The molecule has 92 valence electrons. The Labute approximate surface area is 105 Å². The Hall–Kier alpha value is -2.56. The van der Waals surface area contributed by atoms with Crippen LogP contribution in [0.2, 0.25) is 0 Å². The second kappa shape index (κ2) is 5.18. The lowest BCUT2D eigenvalue weighted by atomic mass is 10.2. The van der Waals surface area contributed by atoms with Crippen molar-refractivity contribution in [2.45, 2.75) is 0 Å². The molecule has 0 aliphatic heterocycles. The summed E-state index contributed by atoms with van der Waals surface area (Å²) in [5, 5.41) is 2.71. The lowest BCUT2D eigenvalue weighted by molar-refractivity contribution is 0.102. The summed E-state index contributed by atoms with van der Waals surface area (Å²) < 4.78 is 5.15. The molecule has 5 nitrogen and oxygen atoms in total. The number of hydrogen-bond donors (Lipinski definition) is 2. The Kier molecular flexibility index (Phi) is 3.43. The highest BCUT2D eigenvalue weighted by atomic mass is 16.5. The lowest BCUT2D eigenvalue weighted by Crippen LogP contribution is -2.14. The lowest BCUT2D eigenvalue weighted by Gasteiger charge is -2.10. The van der Waals surface area contributed by atoms with Crippen LogP contribution in [-0.4, -0.2) is 18.0 Å². The SMILES string of the molecule is COc1ccc(N)cc1NC(=O)c1ccccn1. The van der Waals surface area contributed by atoms with Crippen molar-refractivity contribution in [2.24, 2.45) is 0 Å². The van der Waals surface area contributed by atoms with Gasteiger partial charge in [0, 0.05) is 11.9 Å². The summed E-state index contributed by atoms with van der Waals surface area (Å²) in [6, 6.07) is 10.2. The van der Waals surface area contributed by atoms with Gasteiger partial charge in [-0.15, -0.1) is 0 Å². The normalized spacial score (nSPS) is 9.83. The average molecular weight is 243 g/mol. The van der Waals surface area contributed by atoms with Crippen molar-refractivity contribution in [1.29, 1.82) is 0 Å². The maximum Gasteiger partial charge on any atom is 0.274 e. The van der Waals surface area contributed by atoms with E-state index in [1.54, 1.807) is 42.6 Å². The van der Waals surface area contributed by atoms with E-state index in [9.17, 15) is 4.79 Å². The van der Waals surface area contributed by atoms with E-state index in [1.165, 1.54) is 7.11 Å². The maximum atomic E-state index is 11.9. The van der Waals surface area contributed by atoms with Crippen molar-refractivity contribution in [1.82, 2.24) is 4.98 Å². The number of methoxy groups -OCH3 is 1. The molecule has 0 bridgehead atoms. The van der Waals surface area contributed by atoms with Crippen molar-refractivity contribution in [3.8, 4) is 5.75 Å². The van der Waals surface area contributed by atoms with Gasteiger partial charge in [-0.3, -0.25) is 9.78 Å². The fourth-order valence-electron chi connectivity index (χ4n) is 1.51. The number of aromatic nitrogens is 1. The zero-order valence-corrected chi connectivity index (χ0v) is 9.88. The topological polar surface area (TPSA) is 77.2 Å². The highest BCUT2D eigenvalue weighted by Gasteiger charge is 2.10. The van der Waals surface area contributed by atoms with Crippen molar-refractivity contribution < 1.29 is 9.53 Å². The van der Waals surface area contributed by atoms with Crippen LogP contribution in [0.25, 0.3) is 0 Å². The standard InChI is InChI=1S/C13H13N3O2/c1-18-12-6-5-9(14)8-11(12)16-13(17)10-4-2-3-7-15-10/h2-8H,14H2,1H3,(H,16,17). The first-order valence-electron chi connectivity index (χ1n) is 5.36. The van der Waals surface area contributed by atoms with Crippen molar-refractivity contribution >= 4 is 17.3 Å². The Bertz CT molecular complexity index is 555. The van der Waals surface area contributed by atoms with Gasteiger partial charge in [-0.25, -0.2) is 0 Å². The molecular weight excluding hydrogens is 230 g/mol. The molecule has 2 aromatic rings. The van der Waals surface area contributed by atoms with Gasteiger partial charge in [0.25, 0.3) is 5.91 Å². The number of nitrogens with one attached hydrogen (secondary N) is 1. The third-order valence-electron chi connectivity index (χ3n) is 2.37. The molecule has 0 spiro atoms. The molecule has 0 radical (unpaired) electrons. The zero-order valence-electron chi connectivity index (χ0n) is 9.88. The molecule has 0 aliphatic carbocycles. The molecule has 0 saturated carbocycles. The minimum absolute atomic E-state index is 0.306. The maximum absolute atomic E-state index is 11.9. The second-order valence-electron chi connectivity index (χ2n) is 3.63. The van der Waals surface area contributed by atoms with E-state index in [4.69, 9.17) is 10.5 Å². The van der Waals surface area contributed by atoms with Crippen LogP contribution < -0.4 is 15.8 Å². The molecule has 18 heavy (non-hydrogen) atoms. The number of nitrogens with zero attached hydrogens (tertiary/aromatic N) is 1. The quantitative estimate of drug-likeness (QED) is 0.807. The number of carbonyl (C=O) groups is 1. The number of pyridine rings is 1. The summed E-state index contributed by atoms with van der Waals surface area (Å²) in [6.07, 6.45) is 1.56. The number of hydrogen-bond acceptors (Lipinski definition) is 4. The van der Waals surface area contributed by atoms with Crippen LogP contribution in [0.4, 0.5) is 11.4 Å². The van der Waals surface area contributed by atoms with E-state index >= 15 is 0 Å². The average Bonchev–Trinajstić information content (AvgIpc) is 2.40. The highest BCUT2D eigenvalue weighted by molar-refractivity contribution is 6.03. The van der Waals surface area contributed by atoms with E-state index in [2.05, 4.69) is 10.3 Å². The largest absolute Gasteiger partial charge is 0.495 e. The molecule has 2 rings (SSSR count). The number of ether oxygens (including phenoxy) is 1. The Morgan fingerprint density at radius 2 is 2.17 bits per heavy atom. The van der Waals surface area contributed by atoms with E-state index in [0.29, 0.717) is 22.8 Å². The summed E-state index contributed by atoms with van der Waals surface area (Å²) in [4.78, 5) is 15.9. The molecule has 0 saturated heterocycles. The number of nitrogen functional groups attached to an aromatic ring is 1. The van der Waals surface area contributed by atoms with E-state index in [0.717, 1.165) is 0 Å². The summed E-state index contributed by atoms with van der Waals surface area (Å²) >= 11 is 0. The molecule has 1 aromatic carbocycles. The molecule has 1 aromatic heterocycles. The van der Waals surface area contributed by atoms with Gasteiger partial charge in [0.1, 0.15) is 11.4 Å². The van der Waals surface area contributed by atoms with Gasteiger partial charge < -0.3 is 15.8 Å². The smallest absolute Gasteiger partial charge is 0.274 e. The summed E-state index contributed by atoms with van der Waals surface area (Å²) in [5.41, 5.74) is 7.08. The fourth-order valence-corrected chi connectivity index (χ4v) is 1.51. The number of rotatable bonds is 3. The number of anilines is 2. The molecule has 0 fully saturated rings. The first kappa shape index (κ1) is 11.9. The number of benzene rings is 1. The van der Waals surface area contributed by atoms with Crippen LogP contribution in [0.3, 0.4) is 0 Å². The predicted octanol–water partition coefficient (Wildman–Crippen LogP) is 1.92. The molecule has 0 unspecified atom stereocenters. The minimum atomic E-state index is -0.306. The first-order chi connectivity index (χ1) is 8.70. The summed E-state index contributed by atoms with van der Waals surface area (Å²) in [5.74, 6) is 0.244. The van der Waals surface area contributed by atoms with Gasteiger partial charge in [-0.2, -0.15) is 0 Å². The highest BCUT2D eigenvalue weighted by Crippen LogP contribution is 2.26. The van der Waals surface area contributed by atoms with Crippen LogP contribution in [0.15, 0.2) is 42.6 Å². The third kappa shape index (κ3) is 2.57. The molecule has 5 heteroatoms.